The molecule has 27 heavy (non-hydrogen) atoms. The Hall–Kier alpha value is -3.29. The maximum absolute atomic E-state index is 12.1. The van der Waals surface area contributed by atoms with E-state index in [4.69, 9.17) is 4.42 Å². The number of carbonyl (C=O) groups is 1. The minimum Gasteiger partial charge on any atom is -0.441 e. The monoisotopic (exact) mass is 364 g/mol. The van der Waals surface area contributed by atoms with E-state index in [1.807, 2.05) is 44.2 Å². The van der Waals surface area contributed by atoms with Gasteiger partial charge in [0.05, 0.1) is 6.42 Å². The molecule has 8 nitrogen and oxygen atoms in total. The van der Waals surface area contributed by atoms with Gasteiger partial charge in [0.15, 0.2) is 17.3 Å². The molecule has 0 radical (unpaired) electrons. The molecule has 0 bridgehead atoms. The van der Waals surface area contributed by atoms with Crippen molar-refractivity contribution in [2.24, 2.45) is 0 Å². The van der Waals surface area contributed by atoms with Crippen LogP contribution in [0.4, 0.5) is 0 Å². The summed E-state index contributed by atoms with van der Waals surface area (Å²) in [6.07, 6.45) is 1.55. The summed E-state index contributed by atoms with van der Waals surface area (Å²) in [6, 6.07) is 9.60. The Bertz CT molecular complexity index is 1080. The number of aryl methyl sites for hydroxylation is 3. The molecule has 0 fully saturated rings. The largest absolute Gasteiger partial charge is 0.441 e. The van der Waals surface area contributed by atoms with Crippen LogP contribution in [0.5, 0.6) is 0 Å². The van der Waals surface area contributed by atoms with Crippen molar-refractivity contribution in [1.82, 2.24) is 29.9 Å². The molecule has 138 valence electrons. The van der Waals surface area contributed by atoms with Gasteiger partial charge in [-0.15, -0.1) is 5.10 Å². The van der Waals surface area contributed by atoms with Gasteiger partial charge in [-0.25, -0.2) is 14.5 Å². The minimum absolute atomic E-state index is 0.113. The lowest BCUT2D eigenvalue weighted by Gasteiger charge is -2.02. The molecule has 4 aromatic rings. The van der Waals surface area contributed by atoms with E-state index in [9.17, 15) is 4.79 Å². The summed E-state index contributed by atoms with van der Waals surface area (Å²) in [5.74, 6) is 1.56. The number of nitrogens with one attached hydrogen (secondary N) is 1. The van der Waals surface area contributed by atoms with Crippen LogP contribution in [-0.2, 0) is 17.6 Å². The van der Waals surface area contributed by atoms with Crippen molar-refractivity contribution in [1.29, 1.82) is 0 Å². The van der Waals surface area contributed by atoms with E-state index in [1.165, 1.54) is 0 Å². The van der Waals surface area contributed by atoms with Gasteiger partial charge < -0.3 is 9.73 Å². The fraction of sp³-hybridized carbons (Fsp3) is 0.316. The van der Waals surface area contributed by atoms with E-state index in [-0.39, 0.29) is 12.3 Å². The SMILES string of the molecule is Cc1cc(C)n2nc(CC(=O)NCCCc3nc4ccccc4o3)nc2n1. The number of hydrogen-bond donors (Lipinski definition) is 1. The molecule has 0 aliphatic heterocycles. The Morgan fingerprint density at radius 1 is 1.19 bits per heavy atom. The number of nitrogens with zero attached hydrogens (tertiary/aromatic N) is 5. The zero-order valence-electron chi connectivity index (χ0n) is 15.3. The van der Waals surface area contributed by atoms with Crippen LogP contribution in [0.3, 0.4) is 0 Å². The Labute approximate surface area is 155 Å². The van der Waals surface area contributed by atoms with Gasteiger partial charge in [0.2, 0.25) is 5.91 Å². The van der Waals surface area contributed by atoms with E-state index < -0.39 is 0 Å². The van der Waals surface area contributed by atoms with Gasteiger partial charge in [-0.2, -0.15) is 4.98 Å². The third-order valence-corrected chi connectivity index (χ3v) is 4.21. The van der Waals surface area contributed by atoms with Gasteiger partial charge in [0.25, 0.3) is 5.78 Å². The van der Waals surface area contributed by atoms with E-state index in [2.05, 4.69) is 25.4 Å². The summed E-state index contributed by atoms with van der Waals surface area (Å²) in [7, 11) is 0. The first kappa shape index (κ1) is 17.1. The minimum atomic E-state index is -0.113. The van der Waals surface area contributed by atoms with Crippen LogP contribution >= 0.6 is 0 Å². The standard InChI is InChI=1S/C19H20N6O2/c1-12-10-13(2)25-19(21-12)23-16(24-25)11-17(26)20-9-5-8-18-22-14-6-3-4-7-15(14)27-18/h3-4,6-7,10H,5,8-9,11H2,1-2H3,(H,20,26). The molecule has 8 heteroatoms. The smallest absolute Gasteiger partial charge is 0.252 e. The summed E-state index contributed by atoms with van der Waals surface area (Å²) in [5, 5.41) is 7.24. The van der Waals surface area contributed by atoms with E-state index in [1.54, 1.807) is 4.52 Å². The normalized spacial score (nSPS) is 11.3. The Balaban J connectivity index is 1.29. The third kappa shape index (κ3) is 3.79. The number of aromatic nitrogens is 5. The molecule has 4 rings (SSSR count). The maximum atomic E-state index is 12.1. The van der Waals surface area contributed by atoms with Gasteiger partial charge in [-0.3, -0.25) is 4.79 Å². The highest BCUT2D eigenvalue weighted by molar-refractivity contribution is 5.77. The summed E-state index contributed by atoms with van der Waals surface area (Å²) in [5.41, 5.74) is 3.46. The number of para-hydroxylation sites is 2. The van der Waals surface area contributed by atoms with E-state index in [0.717, 1.165) is 28.9 Å². The molecular weight excluding hydrogens is 344 g/mol. The highest BCUT2D eigenvalue weighted by Crippen LogP contribution is 2.15. The first-order chi connectivity index (χ1) is 13.1. The van der Waals surface area contributed by atoms with Crippen molar-refractivity contribution in [2.45, 2.75) is 33.1 Å². The second-order valence-corrected chi connectivity index (χ2v) is 6.48. The fourth-order valence-corrected chi connectivity index (χ4v) is 2.98. The fourth-order valence-electron chi connectivity index (χ4n) is 2.98. The summed E-state index contributed by atoms with van der Waals surface area (Å²) < 4.78 is 7.33. The molecule has 3 aromatic heterocycles. The summed E-state index contributed by atoms with van der Waals surface area (Å²) >= 11 is 0. The second kappa shape index (κ2) is 7.14. The van der Waals surface area contributed by atoms with Gasteiger partial charge in [-0.1, -0.05) is 12.1 Å². The molecule has 1 amide bonds. The third-order valence-electron chi connectivity index (χ3n) is 4.21. The molecule has 0 aliphatic rings. The average Bonchev–Trinajstić information content (AvgIpc) is 3.22. The lowest BCUT2D eigenvalue weighted by atomic mass is 10.3. The maximum Gasteiger partial charge on any atom is 0.252 e. The molecule has 0 unspecified atom stereocenters. The molecule has 1 aromatic carbocycles. The van der Waals surface area contributed by atoms with Crippen molar-refractivity contribution in [2.75, 3.05) is 6.54 Å². The molecule has 1 N–H and O–H groups in total. The second-order valence-electron chi connectivity index (χ2n) is 6.48. The van der Waals surface area contributed by atoms with Crippen LogP contribution in [-0.4, -0.2) is 37.0 Å². The lowest BCUT2D eigenvalue weighted by molar-refractivity contribution is -0.120. The number of amides is 1. The van der Waals surface area contributed by atoms with Crippen LogP contribution in [0.2, 0.25) is 0 Å². The van der Waals surface area contributed by atoms with Crippen molar-refractivity contribution in [3.05, 3.63) is 53.4 Å². The van der Waals surface area contributed by atoms with Crippen molar-refractivity contribution in [3.8, 4) is 0 Å². The highest BCUT2D eigenvalue weighted by Gasteiger charge is 2.12. The van der Waals surface area contributed by atoms with Crippen molar-refractivity contribution in [3.63, 3.8) is 0 Å². The Morgan fingerprint density at radius 3 is 2.89 bits per heavy atom. The number of rotatable bonds is 6. The first-order valence-electron chi connectivity index (χ1n) is 8.89. The van der Waals surface area contributed by atoms with Crippen LogP contribution in [0, 0.1) is 13.8 Å². The number of hydrogen-bond acceptors (Lipinski definition) is 6. The number of fused-ring (bicyclic) bond motifs is 2. The zero-order valence-corrected chi connectivity index (χ0v) is 15.3. The summed E-state index contributed by atoms with van der Waals surface area (Å²) in [4.78, 5) is 25.2. The molecular formula is C19H20N6O2. The van der Waals surface area contributed by atoms with E-state index in [0.29, 0.717) is 30.5 Å². The predicted molar refractivity (Wildman–Crippen MR) is 99.3 cm³/mol. The molecule has 0 saturated carbocycles. The molecule has 0 spiro atoms. The number of carbonyl (C=O) groups excluding carboxylic acids is 1. The molecule has 0 saturated heterocycles. The first-order valence-corrected chi connectivity index (χ1v) is 8.89. The number of oxazole rings is 1. The highest BCUT2D eigenvalue weighted by atomic mass is 16.3. The van der Waals surface area contributed by atoms with Crippen LogP contribution in [0.15, 0.2) is 34.7 Å². The quantitative estimate of drug-likeness (QED) is 0.527. The molecule has 3 heterocycles. The molecule has 0 atom stereocenters. The van der Waals surface area contributed by atoms with Crippen molar-refractivity contribution < 1.29 is 9.21 Å². The van der Waals surface area contributed by atoms with Gasteiger partial charge in [0.1, 0.15) is 5.52 Å². The van der Waals surface area contributed by atoms with Gasteiger partial charge >= 0.3 is 0 Å². The Morgan fingerprint density at radius 2 is 2.04 bits per heavy atom. The van der Waals surface area contributed by atoms with Crippen LogP contribution in [0.25, 0.3) is 16.9 Å². The van der Waals surface area contributed by atoms with Crippen molar-refractivity contribution >= 4 is 22.8 Å². The van der Waals surface area contributed by atoms with Gasteiger partial charge in [-0.05, 0) is 38.5 Å². The molecule has 0 aliphatic carbocycles. The number of benzene rings is 1. The topological polar surface area (TPSA) is 98.2 Å². The lowest BCUT2D eigenvalue weighted by Crippen LogP contribution is -2.26. The zero-order chi connectivity index (χ0) is 18.8. The van der Waals surface area contributed by atoms with Gasteiger partial charge in [0, 0.05) is 24.4 Å². The predicted octanol–water partition coefficient (Wildman–Crippen LogP) is 2.17. The average molecular weight is 364 g/mol. The van der Waals surface area contributed by atoms with E-state index >= 15 is 0 Å². The Kier molecular flexibility index (Phi) is 4.53. The van der Waals surface area contributed by atoms with Crippen LogP contribution in [0.1, 0.15) is 29.5 Å². The summed E-state index contributed by atoms with van der Waals surface area (Å²) in [6.45, 7) is 4.39. The van der Waals surface area contributed by atoms with Crippen LogP contribution < -0.4 is 5.32 Å².